The van der Waals surface area contributed by atoms with Crippen LogP contribution in [0.2, 0.25) is 0 Å². The number of hydrogen-bond donors (Lipinski definition) is 1. The Bertz CT molecular complexity index is 271. The molecule has 0 amide bonds. The maximum absolute atomic E-state index is 5.62. The Balaban J connectivity index is 2.46. The average molecular weight is 209 g/mol. The zero-order valence-electron chi connectivity index (χ0n) is 9.40. The molecule has 0 aromatic heterocycles. The summed E-state index contributed by atoms with van der Waals surface area (Å²) < 4.78 is 10.7. The summed E-state index contributed by atoms with van der Waals surface area (Å²) in [6.07, 6.45) is 1.02. The van der Waals surface area contributed by atoms with E-state index in [0.717, 1.165) is 17.7 Å². The molecule has 0 aliphatic rings. The number of hydrogen-bond acceptors (Lipinski definition) is 3. The van der Waals surface area contributed by atoms with Crippen LogP contribution in [0.25, 0.3) is 0 Å². The first-order valence-corrected chi connectivity index (χ1v) is 5.23. The van der Waals surface area contributed by atoms with Gasteiger partial charge in [0, 0.05) is 6.61 Å². The fourth-order valence-corrected chi connectivity index (χ4v) is 1.31. The number of benzene rings is 1. The summed E-state index contributed by atoms with van der Waals surface area (Å²) in [4.78, 5) is 0. The lowest BCUT2D eigenvalue weighted by Crippen LogP contribution is -2.07. The molecule has 84 valence electrons. The lowest BCUT2D eigenvalue weighted by Gasteiger charge is -2.13. The van der Waals surface area contributed by atoms with Crippen LogP contribution in [0.5, 0.6) is 5.75 Å². The highest BCUT2D eigenvalue weighted by Crippen LogP contribution is 2.19. The van der Waals surface area contributed by atoms with Gasteiger partial charge in [-0.05, 0) is 37.6 Å². The van der Waals surface area contributed by atoms with Gasteiger partial charge in [0.1, 0.15) is 5.75 Å². The smallest absolute Gasteiger partial charge is 0.118 e. The molecule has 0 spiro atoms. The van der Waals surface area contributed by atoms with Gasteiger partial charge >= 0.3 is 0 Å². The van der Waals surface area contributed by atoms with Gasteiger partial charge in [0.25, 0.3) is 0 Å². The van der Waals surface area contributed by atoms with Crippen LogP contribution in [0.4, 0.5) is 0 Å². The standard InChI is InChI=1S/C12H19NO2/c1-10(15-9-3-8-13)11-4-6-12(14-2)7-5-11/h4-7,10H,3,8-9,13H2,1-2H3. The first kappa shape index (κ1) is 12.0. The molecule has 15 heavy (non-hydrogen) atoms. The van der Waals surface area contributed by atoms with Gasteiger partial charge in [0.15, 0.2) is 0 Å². The Morgan fingerprint density at radius 3 is 2.47 bits per heavy atom. The maximum atomic E-state index is 5.62. The van der Waals surface area contributed by atoms with E-state index in [1.54, 1.807) is 7.11 Å². The van der Waals surface area contributed by atoms with Crippen molar-refractivity contribution in [2.45, 2.75) is 19.4 Å². The van der Waals surface area contributed by atoms with Gasteiger partial charge in [-0.15, -0.1) is 0 Å². The molecule has 0 aliphatic heterocycles. The van der Waals surface area contributed by atoms with Crippen LogP contribution in [0.15, 0.2) is 24.3 Å². The van der Waals surface area contributed by atoms with Gasteiger partial charge in [-0.1, -0.05) is 12.1 Å². The summed E-state index contributed by atoms with van der Waals surface area (Å²) in [7, 11) is 1.66. The summed E-state index contributed by atoms with van der Waals surface area (Å²) >= 11 is 0. The third-order valence-electron chi connectivity index (χ3n) is 2.30. The van der Waals surface area contributed by atoms with Gasteiger partial charge in [0.05, 0.1) is 13.2 Å². The molecule has 1 unspecified atom stereocenters. The molecule has 3 heteroatoms. The van der Waals surface area contributed by atoms with Crippen molar-refractivity contribution in [3.63, 3.8) is 0 Å². The van der Waals surface area contributed by atoms with Crippen molar-refractivity contribution in [2.75, 3.05) is 20.3 Å². The fourth-order valence-electron chi connectivity index (χ4n) is 1.31. The molecule has 1 aromatic carbocycles. The summed E-state index contributed by atoms with van der Waals surface area (Å²) in [5.41, 5.74) is 6.55. The molecular formula is C12H19NO2. The lowest BCUT2D eigenvalue weighted by atomic mass is 10.1. The summed E-state index contributed by atoms with van der Waals surface area (Å²) in [6, 6.07) is 7.92. The fraction of sp³-hybridized carbons (Fsp3) is 0.500. The van der Waals surface area contributed by atoms with Crippen molar-refractivity contribution in [2.24, 2.45) is 5.73 Å². The minimum atomic E-state index is 0.113. The second-order valence-electron chi connectivity index (χ2n) is 3.43. The van der Waals surface area contributed by atoms with Gasteiger partial charge < -0.3 is 15.2 Å². The molecule has 3 nitrogen and oxygen atoms in total. The SMILES string of the molecule is COc1ccc(C(C)OCCCN)cc1. The predicted octanol–water partition coefficient (Wildman–Crippen LogP) is 2.12. The third kappa shape index (κ3) is 3.90. The van der Waals surface area contributed by atoms with E-state index in [1.807, 2.05) is 31.2 Å². The van der Waals surface area contributed by atoms with E-state index in [1.165, 1.54) is 0 Å². The van der Waals surface area contributed by atoms with E-state index >= 15 is 0 Å². The molecule has 1 atom stereocenters. The van der Waals surface area contributed by atoms with Crippen LogP contribution >= 0.6 is 0 Å². The first-order chi connectivity index (χ1) is 7.27. The molecule has 1 rings (SSSR count). The zero-order valence-corrected chi connectivity index (χ0v) is 9.40. The van der Waals surface area contributed by atoms with Crippen LogP contribution in [0.3, 0.4) is 0 Å². The topological polar surface area (TPSA) is 44.5 Å². The Kier molecular flexibility index (Phi) is 5.15. The van der Waals surface area contributed by atoms with Crippen LogP contribution in [-0.4, -0.2) is 20.3 Å². The highest BCUT2D eigenvalue weighted by atomic mass is 16.5. The van der Waals surface area contributed by atoms with E-state index in [4.69, 9.17) is 15.2 Å². The minimum Gasteiger partial charge on any atom is -0.497 e. The van der Waals surface area contributed by atoms with E-state index in [2.05, 4.69) is 0 Å². The van der Waals surface area contributed by atoms with E-state index in [0.29, 0.717) is 13.2 Å². The van der Waals surface area contributed by atoms with Crippen molar-refractivity contribution in [1.82, 2.24) is 0 Å². The Morgan fingerprint density at radius 1 is 1.27 bits per heavy atom. The highest BCUT2D eigenvalue weighted by Gasteiger charge is 2.04. The van der Waals surface area contributed by atoms with Crippen molar-refractivity contribution >= 4 is 0 Å². The Labute approximate surface area is 91.2 Å². The molecule has 0 bridgehead atoms. The van der Waals surface area contributed by atoms with Gasteiger partial charge in [-0.2, -0.15) is 0 Å². The molecule has 0 heterocycles. The molecular weight excluding hydrogens is 190 g/mol. The van der Waals surface area contributed by atoms with Crippen molar-refractivity contribution in [3.05, 3.63) is 29.8 Å². The quantitative estimate of drug-likeness (QED) is 0.730. The highest BCUT2D eigenvalue weighted by molar-refractivity contribution is 5.28. The monoisotopic (exact) mass is 209 g/mol. The number of rotatable bonds is 6. The van der Waals surface area contributed by atoms with Crippen LogP contribution < -0.4 is 10.5 Å². The molecule has 0 saturated carbocycles. The first-order valence-electron chi connectivity index (χ1n) is 5.23. The Morgan fingerprint density at radius 2 is 1.93 bits per heavy atom. The average Bonchev–Trinajstić information content (AvgIpc) is 2.29. The molecule has 1 aromatic rings. The molecule has 0 aliphatic carbocycles. The summed E-state index contributed by atoms with van der Waals surface area (Å²) in [6.45, 7) is 3.43. The number of ether oxygens (including phenoxy) is 2. The lowest BCUT2D eigenvalue weighted by molar-refractivity contribution is 0.0651. The predicted molar refractivity (Wildman–Crippen MR) is 61.0 cm³/mol. The van der Waals surface area contributed by atoms with Crippen LogP contribution in [-0.2, 0) is 4.74 Å². The number of nitrogens with two attached hydrogens (primary N) is 1. The second-order valence-corrected chi connectivity index (χ2v) is 3.43. The van der Waals surface area contributed by atoms with Crippen molar-refractivity contribution in [1.29, 1.82) is 0 Å². The van der Waals surface area contributed by atoms with E-state index < -0.39 is 0 Å². The largest absolute Gasteiger partial charge is 0.497 e. The molecule has 0 saturated heterocycles. The second kappa shape index (κ2) is 6.43. The normalized spacial score (nSPS) is 12.5. The van der Waals surface area contributed by atoms with Crippen molar-refractivity contribution < 1.29 is 9.47 Å². The van der Waals surface area contributed by atoms with E-state index in [-0.39, 0.29) is 6.10 Å². The van der Waals surface area contributed by atoms with Crippen LogP contribution in [0, 0.1) is 0 Å². The van der Waals surface area contributed by atoms with E-state index in [9.17, 15) is 0 Å². The minimum absolute atomic E-state index is 0.113. The van der Waals surface area contributed by atoms with Crippen molar-refractivity contribution in [3.8, 4) is 5.75 Å². The van der Waals surface area contributed by atoms with Crippen LogP contribution in [0.1, 0.15) is 25.0 Å². The summed E-state index contributed by atoms with van der Waals surface area (Å²) in [5.74, 6) is 0.868. The maximum Gasteiger partial charge on any atom is 0.118 e. The molecule has 2 N–H and O–H groups in total. The van der Waals surface area contributed by atoms with Gasteiger partial charge in [0.2, 0.25) is 0 Å². The third-order valence-corrected chi connectivity index (χ3v) is 2.30. The van der Waals surface area contributed by atoms with Gasteiger partial charge in [-0.25, -0.2) is 0 Å². The van der Waals surface area contributed by atoms with Gasteiger partial charge in [-0.3, -0.25) is 0 Å². The summed E-state index contributed by atoms with van der Waals surface area (Å²) in [5, 5.41) is 0. The molecule has 0 radical (unpaired) electrons. The zero-order chi connectivity index (χ0) is 11.1. The molecule has 0 fully saturated rings. The number of methoxy groups -OCH3 is 1. The Hall–Kier alpha value is -1.06.